The van der Waals surface area contributed by atoms with Gasteiger partial charge in [0.05, 0.1) is 7.11 Å². The number of nitrogens with one attached hydrogen (secondary N) is 2. The first-order valence-corrected chi connectivity index (χ1v) is 9.09. The monoisotopic (exact) mass is 344 g/mol. The lowest BCUT2D eigenvalue weighted by molar-refractivity contribution is 0.415. The fourth-order valence-corrected chi connectivity index (χ4v) is 3.58. The van der Waals surface area contributed by atoms with Crippen LogP contribution in [0.4, 0.5) is 0 Å². The summed E-state index contributed by atoms with van der Waals surface area (Å²) in [6.45, 7) is 4.09. The van der Waals surface area contributed by atoms with Gasteiger partial charge in [-0.2, -0.15) is 0 Å². The van der Waals surface area contributed by atoms with Gasteiger partial charge in [-0.05, 0) is 54.8 Å². The summed E-state index contributed by atoms with van der Waals surface area (Å²) < 4.78 is 5.37. The van der Waals surface area contributed by atoms with Crippen molar-refractivity contribution in [3.8, 4) is 5.75 Å². The molecule has 0 radical (unpaired) electrons. The number of methoxy groups -OCH3 is 1. The predicted octanol–water partition coefficient (Wildman–Crippen LogP) is 4.97. The highest BCUT2D eigenvalue weighted by Crippen LogP contribution is 2.31. The second kappa shape index (κ2) is 7.22. The number of rotatable bonds is 6. The summed E-state index contributed by atoms with van der Waals surface area (Å²) in [4.78, 5) is 3.58. The summed E-state index contributed by atoms with van der Waals surface area (Å²) in [7, 11) is 1.71. The zero-order valence-electron chi connectivity index (χ0n) is 15.3. The van der Waals surface area contributed by atoms with Gasteiger partial charge in [0.15, 0.2) is 0 Å². The van der Waals surface area contributed by atoms with Gasteiger partial charge in [0, 0.05) is 28.4 Å². The first-order chi connectivity index (χ1) is 12.8. The molecule has 26 heavy (non-hydrogen) atoms. The molecule has 0 bridgehead atoms. The number of hydrogen-bond acceptors (Lipinski definition) is 2. The minimum absolute atomic E-state index is 0.894. The van der Waals surface area contributed by atoms with Crippen LogP contribution in [0, 0.1) is 6.92 Å². The van der Waals surface area contributed by atoms with Crippen LogP contribution in [0.3, 0.4) is 0 Å². The zero-order chi connectivity index (χ0) is 17.9. The van der Waals surface area contributed by atoms with Gasteiger partial charge in [0.25, 0.3) is 0 Å². The Bertz CT molecular complexity index is 1030. The lowest BCUT2D eigenvalue weighted by Gasteiger charge is -2.09. The van der Waals surface area contributed by atoms with E-state index in [1.807, 2.05) is 6.07 Å². The Balaban J connectivity index is 1.53. The molecule has 3 heteroatoms. The zero-order valence-corrected chi connectivity index (χ0v) is 15.3. The van der Waals surface area contributed by atoms with Gasteiger partial charge < -0.3 is 15.0 Å². The summed E-state index contributed by atoms with van der Waals surface area (Å²) in [5, 5.41) is 6.02. The van der Waals surface area contributed by atoms with Crippen molar-refractivity contribution in [2.75, 3.05) is 13.7 Å². The topological polar surface area (TPSA) is 37.0 Å². The van der Waals surface area contributed by atoms with Crippen LogP contribution in [0.15, 0.2) is 60.7 Å². The van der Waals surface area contributed by atoms with Crippen molar-refractivity contribution in [2.45, 2.75) is 19.9 Å². The van der Waals surface area contributed by atoms with Gasteiger partial charge in [-0.15, -0.1) is 0 Å². The molecule has 4 aromatic rings. The molecule has 0 amide bonds. The smallest absolute Gasteiger partial charge is 0.119 e. The van der Waals surface area contributed by atoms with E-state index in [1.165, 1.54) is 33.0 Å². The summed E-state index contributed by atoms with van der Waals surface area (Å²) in [6.07, 6.45) is 1.02. The van der Waals surface area contributed by atoms with E-state index >= 15 is 0 Å². The lowest BCUT2D eigenvalue weighted by Crippen LogP contribution is -2.17. The minimum Gasteiger partial charge on any atom is -0.497 e. The van der Waals surface area contributed by atoms with Gasteiger partial charge in [0.1, 0.15) is 5.75 Å². The van der Waals surface area contributed by atoms with Crippen molar-refractivity contribution in [2.24, 2.45) is 0 Å². The van der Waals surface area contributed by atoms with E-state index in [2.05, 4.69) is 71.8 Å². The van der Waals surface area contributed by atoms with Crippen molar-refractivity contribution in [1.82, 2.24) is 10.3 Å². The normalized spacial score (nSPS) is 11.3. The highest BCUT2D eigenvalue weighted by molar-refractivity contribution is 6.08. The molecule has 0 aliphatic heterocycles. The van der Waals surface area contributed by atoms with Crippen LogP contribution in [-0.2, 0) is 13.0 Å². The second-order valence-corrected chi connectivity index (χ2v) is 6.72. The highest BCUT2D eigenvalue weighted by atomic mass is 16.5. The minimum atomic E-state index is 0.894. The Kier molecular flexibility index (Phi) is 4.63. The summed E-state index contributed by atoms with van der Waals surface area (Å²) >= 11 is 0. The molecule has 0 atom stereocenters. The second-order valence-electron chi connectivity index (χ2n) is 6.72. The van der Waals surface area contributed by atoms with E-state index < -0.39 is 0 Å². The van der Waals surface area contributed by atoms with Crippen LogP contribution in [0.2, 0.25) is 0 Å². The molecule has 3 nitrogen and oxygen atoms in total. The summed E-state index contributed by atoms with van der Waals surface area (Å²) in [6, 6.07) is 21.2. The summed E-state index contributed by atoms with van der Waals surface area (Å²) in [5.74, 6) is 0.894. The van der Waals surface area contributed by atoms with Crippen molar-refractivity contribution < 1.29 is 4.74 Å². The number of aromatic amines is 1. The van der Waals surface area contributed by atoms with Gasteiger partial charge in [0.2, 0.25) is 0 Å². The van der Waals surface area contributed by atoms with Crippen LogP contribution < -0.4 is 10.1 Å². The standard InChI is InChI=1S/C23H24N2O/c1-16-18(12-13-24-15-17-6-4-3-5-7-17)8-10-20-21-14-19(26-2)9-11-22(21)25-23(16)20/h3-11,14,24-25H,12-13,15H2,1-2H3. The maximum atomic E-state index is 5.37. The van der Waals surface area contributed by atoms with Crippen molar-refractivity contribution in [3.63, 3.8) is 0 Å². The molecule has 0 fully saturated rings. The third-order valence-electron chi connectivity index (χ3n) is 5.10. The van der Waals surface area contributed by atoms with E-state index in [0.717, 1.165) is 30.8 Å². The number of benzene rings is 3. The molecule has 4 rings (SSSR count). The van der Waals surface area contributed by atoms with E-state index in [0.29, 0.717) is 0 Å². The Hall–Kier alpha value is -2.78. The molecule has 1 aromatic heterocycles. The predicted molar refractivity (Wildman–Crippen MR) is 109 cm³/mol. The first kappa shape index (κ1) is 16.7. The molecular weight excluding hydrogens is 320 g/mol. The van der Waals surface area contributed by atoms with Crippen LogP contribution in [-0.4, -0.2) is 18.6 Å². The molecule has 2 N–H and O–H groups in total. The highest BCUT2D eigenvalue weighted by Gasteiger charge is 2.10. The third-order valence-corrected chi connectivity index (χ3v) is 5.10. The summed E-state index contributed by atoms with van der Waals surface area (Å²) in [5.41, 5.74) is 6.43. The average molecular weight is 344 g/mol. The molecule has 1 heterocycles. The van der Waals surface area contributed by atoms with E-state index in [-0.39, 0.29) is 0 Å². The largest absolute Gasteiger partial charge is 0.497 e. The SMILES string of the molecule is COc1ccc2[nH]c3c(C)c(CCNCc4ccccc4)ccc3c2c1. The molecule has 3 aromatic carbocycles. The molecular formula is C23H24N2O. The number of H-pyrrole nitrogens is 1. The number of aryl methyl sites for hydroxylation is 1. The van der Waals surface area contributed by atoms with Gasteiger partial charge in [-0.1, -0.05) is 42.5 Å². The molecule has 132 valence electrons. The van der Waals surface area contributed by atoms with Crippen molar-refractivity contribution >= 4 is 21.8 Å². The fraction of sp³-hybridized carbons (Fsp3) is 0.217. The molecule has 0 unspecified atom stereocenters. The average Bonchev–Trinajstić information content (AvgIpc) is 3.06. The Morgan fingerprint density at radius 1 is 0.962 bits per heavy atom. The van der Waals surface area contributed by atoms with Gasteiger partial charge >= 0.3 is 0 Å². The fourth-order valence-electron chi connectivity index (χ4n) is 3.58. The van der Waals surface area contributed by atoms with Gasteiger partial charge in [-0.25, -0.2) is 0 Å². The van der Waals surface area contributed by atoms with Gasteiger partial charge in [-0.3, -0.25) is 0 Å². The molecule has 0 aliphatic carbocycles. The number of fused-ring (bicyclic) bond motifs is 3. The Morgan fingerprint density at radius 3 is 2.62 bits per heavy atom. The van der Waals surface area contributed by atoms with Crippen LogP contribution in [0.25, 0.3) is 21.8 Å². The maximum Gasteiger partial charge on any atom is 0.119 e. The molecule has 0 saturated heterocycles. The van der Waals surface area contributed by atoms with E-state index in [4.69, 9.17) is 4.74 Å². The van der Waals surface area contributed by atoms with Crippen LogP contribution in [0.5, 0.6) is 5.75 Å². The Morgan fingerprint density at radius 2 is 1.81 bits per heavy atom. The number of hydrogen-bond donors (Lipinski definition) is 2. The quantitative estimate of drug-likeness (QED) is 0.485. The lowest BCUT2D eigenvalue weighted by atomic mass is 10.0. The third kappa shape index (κ3) is 3.18. The Labute approximate surface area is 154 Å². The van der Waals surface area contributed by atoms with Crippen molar-refractivity contribution in [3.05, 3.63) is 77.4 Å². The number of aromatic nitrogens is 1. The number of ether oxygens (including phenoxy) is 1. The molecule has 0 aliphatic rings. The van der Waals surface area contributed by atoms with Crippen LogP contribution >= 0.6 is 0 Å². The first-order valence-electron chi connectivity index (χ1n) is 9.09. The molecule has 0 spiro atoms. The van der Waals surface area contributed by atoms with Crippen LogP contribution in [0.1, 0.15) is 16.7 Å². The van der Waals surface area contributed by atoms with E-state index in [9.17, 15) is 0 Å². The van der Waals surface area contributed by atoms with E-state index in [1.54, 1.807) is 7.11 Å². The van der Waals surface area contributed by atoms with Crippen molar-refractivity contribution in [1.29, 1.82) is 0 Å². The maximum absolute atomic E-state index is 5.37. The molecule has 0 saturated carbocycles.